The van der Waals surface area contributed by atoms with Crippen LogP contribution in [0.1, 0.15) is 24.4 Å². The molecule has 4 N–H and O–H groups in total. The Balaban J connectivity index is 2.41. The number of nitrogens with one attached hydrogen (secondary N) is 2. The molecule has 88 valence electrons. The number of furan rings is 1. The molecule has 1 unspecified atom stereocenters. The van der Waals surface area contributed by atoms with Gasteiger partial charge in [0.05, 0.1) is 12.3 Å². The third-order valence-electron chi connectivity index (χ3n) is 2.07. The van der Waals surface area contributed by atoms with Crippen LogP contribution in [0.15, 0.2) is 22.8 Å². The standard InChI is InChI=1S/C10H15N3O3/c1-6(2)8(11)10(15)13-12-9(14)7-4-3-5-16-7/h3-6,8H,11H2,1-2H3,(H,12,14)(H,13,15). The summed E-state index contributed by atoms with van der Waals surface area (Å²) < 4.78 is 4.84. The maximum atomic E-state index is 11.4. The van der Waals surface area contributed by atoms with Crippen LogP contribution in [-0.2, 0) is 4.79 Å². The normalized spacial score (nSPS) is 12.2. The van der Waals surface area contributed by atoms with Crippen LogP contribution in [0.4, 0.5) is 0 Å². The van der Waals surface area contributed by atoms with Crippen molar-refractivity contribution < 1.29 is 14.0 Å². The third-order valence-corrected chi connectivity index (χ3v) is 2.07. The molecule has 2 amide bonds. The first kappa shape index (κ1) is 12.3. The van der Waals surface area contributed by atoms with E-state index < -0.39 is 17.9 Å². The molecule has 0 radical (unpaired) electrons. The van der Waals surface area contributed by atoms with Gasteiger partial charge in [0.25, 0.3) is 5.91 Å². The molecule has 1 atom stereocenters. The molecule has 0 saturated carbocycles. The van der Waals surface area contributed by atoms with Gasteiger partial charge in [0.15, 0.2) is 5.76 Å². The number of hydrazine groups is 1. The fourth-order valence-electron chi connectivity index (χ4n) is 0.974. The molecule has 0 aliphatic heterocycles. The summed E-state index contributed by atoms with van der Waals surface area (Å²) in [5.74, 6) is -0.830. The zero-order chi connectivity index (χ0) is 12.1. The van der Waals surface area contributed by atoms with Gasteiger partial charge in [-0.25, -0.2) is 0 Å². The average Bonchev–Trinajstić information content (AvgIpc) is 2.77. The van der Waals surface area contributed by atoms with E-state index in [1.54, 1.807) is 6.07 Å². The number of carbonyl (C=O) groups excluding carboxylic acids is 2. The van der Waals surface area contributed by atoms with Gasteiger partial charge >= 0.3 is 5.91 Å². The number of rotatable bonds is 3. The minimum Gasteiger partial charge on any atom is -0.459 e. The molecule has 0 bridgehead atoms. The molecule has 6 heteroatoms. The highest BCUT2D eigenvalue weighted by molar-refractivity contribution is 5.93. The Kier molecular flexibility index (Phi) is 4.07. The van der Waals surface area contributed by atoms with Crippen molar-refractivity contribution in [2.75, 3.05) is 0 Å². The molecule has 0 aliphatic carbocycles. The summed E-state index contributed by atoms with van der Waals surface area (Å²) in [5, 5.41) is 0. The molecule has 1 aromatic rings. The Morgan fingerprint density at radius 1 is 1.38 bits per heavy atom. The van der Waals surface area contributed by atoms with E-state index in [0.717, 1.165) is 0 Å². The van der Waals surface area contributed by atoms with Crippen molar-refractivity contribution in [1.82, 2.24) is 10.9 Å². The fraction of sp³-hybridized carbons (Fsp3) is 0.400. The van der Waals surface area contributed by atoms with E-state index in [2.05, 4.69) is 10.9 Å². The van der Waals surface area contributed by atoms with Crippen molar-refractivity contribution in [3.8, 4) is 0 Å². The first-order chi connectivity index (χ1) is 7.52. The van der Waals surface area contributed by atoms with Crippen molar-refractivity contribution >= 4 is 11.8 Å². The summed E-state index contributed by atoms with van der Waals surface area (Å²) in [6, 6.07) is 2.41. The minimum atomic E-state index is -0.656. The average molecular weight is 225 g/mol. The highest BCUT2D eigenvalue weighted by Crippen LogP contribution is 1.99. The molecule has 6 nitrogen and oxygen atoms in total. The van der Waals surface area contributed by atoms with Crippen LogP contribution in [0.25, 0.3) is 0 Å². The van der Waals surface area contributed by atoms with Gasteiger partial charge in [0, 0.05) is 0 Å². The highest BCUT2D eigenvalue weighted by Gasteiger charge is 2.18. The summed E-state index contributed by atoms with van der Waals surface area (Å²) in [7, 11) is 0. The summed E-state index contributed by atoms with van der Waals surface area (Å²) in [6.45, 7) is 3.64. The van der Waals surface area contributed by atoms with Crippen molar-refractivity contribution in [2.45, 2.75) is 19.9 Å². The van der Waals surface area contributed by atoms with E-state index in [4.69, 9.17) is 10.2 Å². The number of nitrogens with two attached hydrogens (primary N) is 1. The highest BCUT2D eigenvalue weighted by atomic mass is 16.3. The number of amides is 2. The van der Waals surface area contributed by atoms with Gasteiger partial charge in [-0.05, 0) is 18.1 Å². The summed E-state index contributed by atoms with van der Waals surface area (Å²) >= 11 is 0. The van der Waals surface area contributed by atoms with Crippen LogP contribution in [0, 0.1) is 5.92 Å². The Morgan fingerprint density at radius 2 is 2.06 bits per heavy atom. The van der Waals surface area contributed by atoms with Crippen molar-refractivity contribution in [3.63, 3.8) is 0 Å². The van der Waals surface area contributed by atoms with Gasteiger partial charge < -0.3 is 10.2 Å². The van der Waals surface area contributed by atoms with Crippen LogP contribution < -0.4 is 16.6 Å². The number of carbonyl (C=O) groups is 2. The molecular formula is C10H15N3O3. The molecule has 1 aromatic heterocycles. The lowest BCUT2D eigenvalue weighted by molar-refractivity contribution is -0.124. The van der Waals surface area contributed by atoms with E-state index in [9.17, 15) is 9.59 Å². The minimum absolute atomic E-state index is 0.000477. The van der Waals surface area contributed by atoms with E-state index in [-0.39, 0.29) is 11.7 Å². The van der Waals surface area contributed by atoms with Crippen LogP contribution in [-0.4, -0.2) is 17.9 Å². The lowest BCUT2D eigenvalue weighted by Crippen LogP contribution is -2.51. The predicted octanol–water partition coefficient (Wildman–Crippen LogP) is 0.0239. The molecule has 1 heterocycles. The van der Waals surface area contributed by atoms with E-state index in [0.29, 0.717) is 0 Å². The second-order valence-electron chi connectivity index (χ2n) is 3.69. The van der Waals surface area contributed by atoms with Crippen molar-refractivity contribution in [2.24, 2.45) is 11.7 Å². The second kappa shape index (κ2) is 5.32. The topological polar surface area (TPSA) is 97.4 Å². The molecule has 1 rings (SSSR count). The molecule has 0 spiro atoms. The van der Waals surface area contributed by atoms with Crippen LogP contribution in [0.3, 0.4) is 0 Å². The van der Waals surface area contributed by atoms with E-state index in [1.807, 2.05) is 13.8 Å². The predicted molar refractivity (Wildman–Crippen MR) is 57.1 cm³/mol. The quantitative estimate of drug-likeness (QED) is 0.632. The number of hydrogen-bond donors (Lipinski definition) is 3. The lowest BCUT2D eigenvalue weighted by atomic mass is 10.1. The Morgan fingerprint density at radius 3 is 2.56 bits per heavy atom. The van der Waals surface area contributed by atoms with Crippen molar-refractivity contribution in [3.05, 3.63) is 24.2 Å². The first-order valence-electron chi connectivity index (χ1n) is 4.91. The van der Waals surface area contributed by atoms with Gasteiger partial charge in [-0.2, -0.15) is 0 Å². The Bertz CT molecular complexity index is 359. The maximum absolute atomic E-state index is 11.4. The molecule has 0 saturated heterocycles. The van der Waals surface area contributed by atoms with Crippen LogP contribution >= 0.6 is 0 Å². The van der Waals surface area contributed by atoms with Gasteiger partial charge in [-0.3, -0.25) is 20.4 Å². The molecule has 0 fully saturated rings. The maximum Gasteiger partial charge on any atom is 0.305 e. The lowest BCUT2D eigenvalue weighted by Gasteiger charge is -2.15. The van der Waals surface area contributed by atoms with E-state index in [1.165, 1.54) is 12.3 Å². The SMILES string of the molecule is CC(C)C(N)C(=O)NNC(=O)c1ccco1. The van der Waals surface area contributed by atoms with Crippen molar-refractivity contribution in [1.29, 1.82) is 0 Å². The largest absolute Gasteiger partial charge is 0.459 e. The summed E-state index contributed by atoms with van der Waals surface area (Å²) in [4.78, 5) is 22.7. The summed E-state index contributed by atoms with van der Waals surface area (Å²) in [5.41, 5.74) is 10.0. The third kappa shape index (κ3) is 3.09. The van der Waals surface area contributed by atoms with Gasteiger partial charge in [0.1, 0.15) is 0 Å². The zero-order valence-corrected chi connectivity index (χ0v) is 9.19. The van der Waals surface area contributed by atoms with Crippen LogP contribution in [0.5, 0.6) is 0 Å². The van der Waals surface area contributed by atoms with Gasteiger partial charge in [-0.15, -0.1) is 0 Å². The first-order valence-corrected chi connectivity index (χ1v) is 4.91. The molecule has 16 heavy (non-hydrogen) atoms. The molecular weight excluding hydrogens is 210 g/mol. The summed E-state index contributed by atoms with van der Waals surface area (Å²) in [6.07, 6.45) is 1.37. The Labute approximate surface area is 93.1 Å². The molecule has 0 aromatic carbocycles. The second-order valence-corrected chi connectivity index (χ2v) is 3.69. The smallest absolute Gasteiger partial charge is 0.305 e. The van der Waals surface area contributed by atoms with E-state index >= 15 is 0 Å². The fourth-order valence-corrected chi connectivity index (χ4v) is 0.974. The van der Waals surface area contributed by atoms with Gasteiger partial charge in [0.2, 0.25) is 0 Å². The monoisotopic (exact) mass is 225 g/mol. The van der Waals surface area contributed by atoms with Crippen LogP contribution in [0.2, 0.25) is 0 Å². The molecule has 0 aliphatic rings. The number of hydrogen-bond acceptors (Lipinski definition) is 4. The zero-order valence-electron chi connectivity index (χ0n) is 9.19. The Hall–Kier alpha value is -1.82. The van der Waals surface area contributed by atoms with Gasteiger partial charge in [-0.1, -0.05) is 13.8 Å².